The number of aliphatic carboxylic acids is 1. The van der Waals surface area contributed by atoms with Gasteiger partial charge in [0.1, 0.15) is 11.4 Å². The minimum atomic E-state index is -4.74. The van der Waals surface area contributed by atoms with E-state index in [1.54, 1.807) is 0 Å². The van der Waals surface area contributed by atoms with Gasteiger partial charge in [-0.2, -0.15) is 18.6 Å². The van der Waals surface area contributed by atoms with Gasteiger partial charge in [-0.15, -0.1) is 0 Å². The van der Waals surface area contributed by atoms with Crippen molar-refractivity contribution in [1.29, 1.82) is 0 Å². The Labute approximate surface area is 380 Å². The molecular formula is C15H12K4N4O12S2. The van der Waals surface area contributed by atoms with Crippen molar-refractivity contribution in [2.45, 2.75) is 6.54 Å². The fraction of sp³-hybridized carbons (Fsp3) is 0.267. The molecule has 37 heavy (non-hydrogen) atoms. The van der Waals surface area contributed by atoms with E-state index in [-0.39, 0.29) is 206 Å². The summed E-state index contributed by atoms with van der Waals surface area (Å²) in [5.74, 6) is -8.05. The van der Waals surface area contributed by atoms with E-state index in [0.717, 1.165) is 18.2 Å². The first-order valence-corrected chi connectivity index (χ1v) is 11.7. The molecule has 2 heterocycles. The van der Waals surface area contributed by atoms with Crippen LogP contribution in [0.15, 0.2) is 22.8 Å². The number of carbonyl (C=O) groups is 3. The quantitative estimate of drug-likeness (QED) is 0.139. The number of amides is 1. The Kier molecular flexibility index (Phi) is 23.1. The SMILES string of the molecule is O=C([O-])C1=NN(CCS(=O)(=O)[O-])C(=O)C1=CC=Cc1c(C(=O)[O-])nn(CCS(=O)(=O)O)c1[O-].[K+].[K+].[K+].[K+]. The molecule has 1 amide bonds. The average Bonchev–Trinajstić information content (AvgIpc) is 3.15. The molecule has 0 spiro atoms. The first kappa shape index (κ1) is 44.4. The minimum Gasteiger partial charge on any atom is -0.858 e. The maximum absolute atomic E-state index is 12.3. The molecule has 1 aliphatic heterocycles. The second-order valence-corrected chi connectivity index (χ2v) is 9.33. The van der Waals surface area contributed by atoms with Crippen LogP contribution in [0.2, 0.25) is 0 Å². The van der Waals surface area contributed by atoms with E-state index in [2.05, 4.69) is 10.2 Å². The van der Waals surface area contributed by atoms with Crippen molar-refractivity contribution in [1.82, 2.24) is 14.8 Å². The van der Waals surface area contributed by atoms with E-state index < -0.39 is 91.1 Å². The molecule has 16 nitrogen and oxygen atoms in total. The van der Waals surface area contributed by atoms with E-state index in [1.165, 1.54) is 0 Å². The van der Waals surface area contributed by atoms with Crippen molar-refractivity contribution in [3.05, 3.63) is 29.0 Å². The number of aromatic nitrogens is 2. The van der Waals surface area contributed by atoms with Gasteiger partial charge in [0.15, 0.2) is 0 Å². The van der Waals surface area contributed by atoms with Gasteiger partial charge in [-0.05, 0) is 12.0 Å². The molecule has 0 aromatic carbocycles. The molecule has 0 aliphatic carbocycles. The van der Waals surface area contributed by atoms with Crippen LogP contribution in [0.1, 0.15) is 16.1 Å². The predicted octanol–water partition coefficient (Wildman–Crippen LogP) is -17.3. The molecule has 0 bridgehead atoms. The number of carbonyl (C=O) groups excluding carboxylic acids is 3. The number of nitrogens with zero attached hydrogens (tertiary/aromatic N) is 4. The number of carboxylic acids is 2. The van der Waals surface area contributed by atoms with Crippen LogP contribution < -0.4 is 221 Å². The number of carboxylic acid groups (broad SMARTS) is 2. The van der Waals surface area contributed by atoms with Crippen molar-refractivity contribution in [3.63, 3.8) is 0 Å². The summed E-state index contributed by atoms with van der Waals surface area (Å²) < 4.78 is 62.9. The largest absolute Gasteiger partial charge is 1.00 e. The van der Waals surface area contributed by atoms with Gasteiger partial charge in [0.25, 0.3) is 16.0 Å². The van der Waals surface area contributed by atoms with Crippen LogP contribution in [-0.4, -0.2) is 82.3 Å². The molecule has 180 valence electrons. The van der Waals surface area contributed by atoms with Crippen molar-refractivity contribution in [2.24, 2.45) is 5.10 Å². The van der Waals surface area contributed by atoms with Crippen LogP contribution in [0.25, 0.3) is 6.08 Å². The third kappa shape index (κ3) is 14.3. The number of allylic oxidation sites excluding steroid dienone is 2. The number of hydrazone groups is 1. The topological polar surface area (TPSA) is 265 Å². The summed E-state index contributed by atoms with van der Waals surface area (Å²) >= 11 is 0. The number of aromatic carboxylic acids is 1. The van der Waals surface area contributed by atoms with Crippen molar-refractivity contribution in [3.8, 4) is 5.88 Å². The Morgan fingerprint density at radius 2 is 1.54 bits per heavy atom. The maximum atomic E-state index is 12.3. The molecule has 1 N–H and O–H groups in total. The summed E-state index contributed by atoms with van der Waals surface area (Å²) in [6.07, 6.45) is 2.48. The zero-order valence-electron chi connectivity index (χ0n) is 20.1. The second-order valence-electron chi connectivity index (χ2n) is 6.23. The number of hydrogen-bond acceptors (Lipinski definition) is 13. The first-order valence-electron chi connectivity index (χ1n) is 8.49. The number of aryl methyl sites for hydroxylation is 1. The summed E-state index contributed by atoms with van der Waals surface area (Å²) in [4.78, 5) is 34.7. The molecule has 0 saturated carbocycles. The summed E-state index contributed by atoms with van der Waals surface area (Å²) in [5, 5.41) is 41.8. The molecule has 0 saturated heterocycles. The Balaban J connectivity index is -0.00000289. The Morgan fingerprint density at radius 1 is 0.973 bits per heavy atom. The van der Waals surface area contributed by atoms with Crippen LogP contribution >= 0.6 is 0 Å². The van der Waals surface area contributed by atoms with Crippen molar-refractivity contribution in [2.75, 3.05) is 18.1 Å². The summed E-state index contributed by atoms with van der Waals surface area (Å²) in [5.41, 5.74) is -3.07. The molecule has 0 radical (unpaired) electrons. The van der Waals surface area contributed by atoms with Crippen molar-refractivity contribution >= 4 is 49.9 Å². The average molecular weight is 661 g/mol. The Hall–Kier alpha value is 2.94. The molecule has 1 aliphatic rings. The minimum absolute atomic E-state index is 0. The van der Waals surface area contributed by atoms with E-state index in [9.17, 15) is 51.1 Å². The monoisotopic (exact) mass is 660 g/mol. The van der Waals surface area contributed by atoms with Gasteiger partial charge < -0.3 is 29.5 Å². The molecule has 1 aromatic rings. The van der Waals surface area contributed by atoms with Gasteiger partial charge in [-0.25, -0.2) is 13.4 Å². The van der Waals surface area contributed by atoms with E-state index in [1.807, 2.05) is 0 Å². The fourth-order valence-corrected chi connectivity index (χ4v) is 3.27. The molecule has 2 rings (SSSR count). The molecular weight excluding hydrogens is 649 g/mol. The molecule has 22 heteroatoms. The molecule has 0 unspecified atom stereocenters. The zero-order valence-corrected chi connectivity index (χ0v) is 34.2. The fourth-order valence-electron chi connectivity index (χ4n) is 2.47. The summed E-state index contributed by atoms with van der Waals surface area (Å²) in [6, 6.07) is 0. The Bertz CT molecular complexity index is 1320. The smallest absolute Gasteiger partial charge is 0.858 e. The van der Waals surface area contributed by atoms with Gasteiger partial charge in [-0.3, -0.25) is 14.0 Å². The van der Waals surface area contributed by atoms with E-state index in [0.29, 0.717) is 9.69 Å². The summed E-state index contributed by atoms with van der Waals surface area (Å²) in [6.45, 7) is -1.44. The van der Waals surface area contributed by atoms with Gasteiger partial charge in [0.05, 0.1) is 52.2 Å². The summed E-state index contributed by atoms with van der Waals surface area (Å²) in [7, 11) is -9.24. The number of hydrogen-bond donors (Lipinski definition) is 1. The molecule has 1 aromatic heterocycles. The van der Waals surface area contributed by atoms with E-state index in [4.69, 9.17) is 4.55 Å². The van der Waals surface area contributed by atoms with Gasteiger partial charge in [0, 0.05) is 5.56 Å². The molecule has 0 atom stereocenters. The van der Waals surface area contributed by atoms with Gasteiger partial charge >= 0.3 is 206 Å². The Morgan fingerprint density at radius 3 is 2.00 bits per heavy atom. The van der Waals surface area contributed by atoms with Gasteiger partial charge in [0.2, 0.25) is 0 Å². The first-order chi connectivity index (χ1) is 15.1. The van der Waals surface area contributed by atoms with Crippen LogP contribution in [0.5, 0.6) is 5.88 Å². The van der Waals surface area contributed by atoms with Crippen LogP contribution in [0.3, 0.4) is 0 Å². The molecule has 0 fully saturated rings. The normalized spacial score (nSPS) is 14.3. The third-order valence-corrected chi connectivity index (χ3v) is 5.29. The van der Waals surface area contributed by atoms with Crippen molar-refractivity contribution < 1.29 is 261 Å². The van der Waals surface area contributed by atoms with Crippen LogP contribution in [0.4, 0.5) is 0 Å². The van der Waals surface area contributed by atoms with Crippen LogP contribution in [-0.2, 0) is 36.4 Å². The maximum Gasteiger partial charge on any atom is 1.00 e. The third-order valence-electron chi connectivity index (χ3n) is 3.91. The van der Waals surface area contributed by atoms with Crippen LogP contribution in [0, 0.1) is 0 Å². The standard InChI is InChI=1S/C15H16N4O12S2.4K/c20-12-8(10(14(22)23)16-18(12)4-6-32(26,27)28)2-1-3-9-11(15(24)25)17-19(13(9)21)5-7-33(29,30)31;;;;/h1-3,20H,4-7H2,(H,22,23)(H,24,25)(H,26,27,28)(H,29,30,31);;;;/q;4*+1/p-4. The number of rotatable bonds is 10. The van der Waals surface area contributed by atoms with Gasteiger partial charge in [-0.1, -0.05) is 12.2 Å². The van der Waals surface area contributed by atoms with E-state index >= 15 is 0 Å². The predicted molar refractivity (Wildman–Crippen MR) is 98.3 cm³/mol. The second kappa shape index (κ2) is 19.3. The zero-order chi connectivity index (χ0) is 25.1.